The Kier molecular flexibility index (Phi) is 7.37. The van der Waals surface area contributed by atoms with Crippen LogP contribution >= 0.6 is 11.8 Å². The molecule has 0 unspecified atom stereocenters. The highest BCUT2D eigenvalue weighted by atomic mass is 32.2. The van der Waals surface area contributed by atoms with Crippen molar-refractivity contribution in [2.75, 3.05) is 5.32 Å². The molecule has 0 fully saturated rings. The SMILES string of the molecule is OCc1ccccc1Sc1ccccc1CNc1nc(CCc2ccccc2)nc2ccccc12. The number of nitrogens with zero attached hydrogens (tertiary/aromatic N) is 2. The summed E-state index contributed by atoms with van der Waals surface area (Å²) in [6, 6.07) is 35.0. The Balaban J connectivity index is 1.38. The molecular weight excluding hydrogens is 450 g/mol. The van der Waals surface area contributed by atoms with E-state index in [-0.39, 0.29) is 6.61 Å². The Morgan fingerprint density at radius 1 is 0.657 bits per heavy atom. The maximum atomic E-state index is 9.72. The van der Waals surface area contributed by atoms with Crippen LogP contribution in [0.15, 0.2) is 113 Å². The fourth-order valence-electron chi connectivity index (χ4n) is 4.05. The Morgan fingerprint density at radius 2 is 1.31 bits per heavy atom. The lowest BCUT2D eigenvalue weighted by Gasteiger charge is -2.14. The highest BCUT2D eigenvalue weighted by molar-refractivity contribution is 7.99. The lowest BCUT2D eigenvalue weighted by Crippen LogP contribution is -2.07. The molecule has 0 aliphatic carbocycles. The van der Waals surface area contributed by atoms with Gasteiger partial charge in [0.05, 0.1) is 12.1 Å². The number of rotatable bonds is 9. The number of fused-ring (bicyclic) bond motifs is 1. The number of aryl methyl sites for hydroxylation is 2. The molecule has 0 amide bonds. The second-order valence-electron chi connectivity index (χ2n) is 8.32. The lowest BCUT2D eigenvalue weighted by atomic mass is 10.1. The molecule has 0 aliphatic heterocycles. The van der Waals surface area contributed by atoms with Crippen molar-refractivity contribution in [2.45, 2.75) is 35.8 Å². The number of anilines is 1. The van der Waals surface area contributed by atoms with Crippen LogP contribution < -0.4 is 5.32 Å². The Hall–Kier alpha value is -3.67. The number of nitrogens with one attached hydrogen (secondary N) is 1. The number of aliphatic hydroxyl groups excluding tert-OH is 1. The Bertz CT molecular complexity index is 1420. The third-order valence-electron chi connectivity index (χ3n) is 5.91. The minimum absolute atomic E-state index is 0.0300. The van der Waals surface area contributed by atoms with Gasteiger partial charge in [-0.1, -0.05) is 90.6 Å². The van der Waals surface area contributed by atoms with Crippen LogP contribution in [0.5, 0.6) is 0 Å². The fourth-order valence-corrected chi connectivity index (χ4v) is 5.12. The number of aromatic nitrogens is 2. The third kappa shape index (κ3) is 5.70. The van der Waals surface area contributed by atoms with E-state index in [1.54, 1.807) is 11.8 Å². The molecule has 0 spiro atoms. The molecule has 0 saturated heterocycles. The van der Waals surface area contributed by atoms with Gasteiger partial charge in [-0.15, -0.1) is 0 Å². The molecule has 0 aliphatic rings. The fraction of sp³-hybridized carbons (Fsp3) is 0.133. The zero-order chi connectivity index (χ0) is 23.9. The summed E-state index contributed by atoms with van der Waals surface area (Å²) < 4.78 is 0. The summed E-state index contributed by atoms with van der Waals surface area (Å²) in [5.74, 6) is 1.70. The topological polar surface area (TPSA) is 58.0 Å². The van der Waals surface area contributed by atoms with Crippen LogP contribution in [-0.4, -0.2) is 15.1 Å². The molecule has 5 aromatic rings. The quantitative estimate of drug-likeness (QED) is 0.248. The minimum Gasteiger partial charge on any atom is -0.392 e. The highest BCUT2D eigenvalue weighted by Crippen LogP contribution is 2.33. The smallest absolute Gasteiger partial charge is 0.137 e. The molecule has 1 aromatic heterocycles. The first-order valence-electron chi connectivity index (χ1n) is 11.8. The maximum absolute atomic E-state index is 9.72. The number of hydrogen-bond acceptors (Lipinski definition) is 5. The van der Waals surface area contributed by atoms with E-state index < -0.39 is 0 Å². The Morgan fingerprint density at radius 3 is 2.11 bits per heavy atom. The second kappa shape index (κ2) is 11.2. The molecule has 5 rings (SSSR count). The zero-order valence-corrected chi connectivity index (χ0v) is 20.2. The molecular formula is C30H27N3OS. The van der Waals surface area contributed by atoms with Crippen LogP contribution in [0.25, 0.3) is 10.9 Å². The van der Waals surface area contributed by atoms with Crippen molar-refractivity contribution in [3.63, 3.8) is 0 Å². The van der Waals surface area contributed by atoms with Gasteiger partial charge in [-0.25, -0.2) is 9.97 Å². The summed E-state index contributed by atoms with van der Waals surface area (Å²) in [5, 5.41) is 14.3. The molecule has 0 radical (unpaired) electrons. The standard InChI is InChI=1S/C30H27N3OS/c34-21-24-13-5-9-17-28(24)35-27-16-8-4-12-23(27)20-31-30-25-14-6-7-15-26(25)32-29(33-30)19-18-22-10-2-1-3-11-22/h1-17,34H,18-21H2,(H,31,32,33). The number of aliphatic hydroxyl groups is 1. The highest BCUT2D eigenvalue weighted by Gasteiger charge is 2.11. The summed E-state index contributed by atoms with van der Waals surface area (Å²) in [5.41, 5.74) is 4.35. The van der Waals surface area contributed by atoms with Gasteiger partial charge in [-0.05, 0) is 47.4 Å². The van der Waals surface area contributed by atoms with E-state index in [9.17, 15) is 5.11 Å². The summed E-state index contributed by atoms with van der Waals surface area (Å²) in [4.78, 5) is 12.0. The van der Waals surface area contributed by atoms with Gasteiger partial charge in [-0.3, -0.25) is 0 Å². The van der Waals surface area contributed by atoms with Crippen LogP contribution in [0.1, 0.15) is 22.5 Å². The second-order valence-corrected chi connectivity index (χ2v) is 9.40. The minimum atomic E-state index is 0.0300. The summed E-state index contributed by atoms with van der Waals surface area (Å²) in [7, 11) is 0. The molecule has 1 heterocycles. The van der Waals surface area contributed by atoms with Gasteiger partial charge in [0.1, 0.15) is 11.6 Å². The molecule has 5 heteroatoms. The summed E-state index contributed by atoms with van der Waals surface area (Å²) in [6.45, 7) is 0.672. The normalized spacial score (nSPS) is 11.0. The molecule has 2 N–H and O–H groups in total. The largest absolute Gasteiger partial charge is 0.392 e. The summed E-state index contributed by atoms with van der Waals surface area (Å²) in [6.07, 6.45) is 1.69. The van der Waals surface area contributed by atoms with Gasteiger partial charge in [-0.2, -0.15) is 0 Å². The van der Waals surface area contributed by atoms with Gasteiger partial charge in [0.25, 0.3) is 0 Å². The number of hydrogen-bond donors (Lipinski definition) is 2. The molecule has 0 saturated carbocycles. The molecule has 0 atom stereocenters. The third-order valence-corrected chi connectivity index (χ3v) is 7.15. The maximum Gasteiger partial charge on any atom is 0.137 e. The van der Waals surface area contributed by atoms with Crippen molar-refractivity contribution >= 4 is 28.5 Å². The van der Waals surface area contributed by atoms with Crippen LogP contribution in [0.3, 0.4) is 0 Å². The first-order valence-corrected chi connectivity index (χ1v) is 12.6. The van der Waals surface area contributed by atoms with Crippen LogP contribution in [-0.2, 0) is 26.0 Å². The van der Waals surface area contributed by atoms with E-state index in [4.69, 9.17) is 9.97 Å². The van der Waals surface area contributed by atoms with Gasteiger partial charge in [0.15, 0.2) is 0 Å². The van der Waals surface area contributed by atoms with Crippen LogP contribution in [0.2, 0.25) is 0 Å². The van der Waals surface area contributed by atoms with E-state index in [0.717, 1.165) is 50.7 Å². The van der Waals surface area contributed by atoms with Crippen molar-refractivity contribution in [3.05, 3.63) is 126 Å². The molecule has 0 bridgehead atoms. The first kappa shape index (κ1) is 23.1. The van der Waals surface area contributed by atoms with E-state index in [1.807, 2.05) is 42.5 Å². The van der Waals surface area contributed by atoms with Gasteiger partial charge in [0, 0.05) is 28.1 Å². The van der Waals surface area contributed by atoms with Gasteiger partial charge < -0.3 is 10.4 Å². The predicted octanol–water partition coefficient (Wildman–Crippen LogP) is 6.67. The zero-order valence-electron chi connectivity index (χ0n) is 19.4. The van der Waals surface area contributed by atoms with Crippen LogP contribution in [0.4, 0.5) is 5.82 Å². The molecule has 4 nitrogen and oxygen atoms in total. The van der Waals surface area contributed by atoms with Crippen molar-refractivity contribution < 1.29 is 5.11 Å². The number of para-hydroxylation sites is 1. The monoisotopic (exact) mass is 477 g/mol. The first-order chi connectivity index (χ1) is 17.3. The molecule has 35 heavy (non-hydrogen) atoms. The predicted molar refractivity (Wildman–Crippen MR) is 144 cm³/mol. The van der Waals surface area contributed by atoms with E-state index in [1.165, 1.54) is 11.1 Å². The van der Waals surface area contributed by atoms with Crippen molar-refractivity contribution in [3.8, 4) is 0 Å². The van der Waals surface area contributed by atoms with Crippen molar-refractivity contribution in [1.82, 2.24) is 9.97 Å². The Labute approximate surface area is 210 Å². The van der Waals surface area contributed by atoms with Crippen LogP contribution in [0, 0.1) is 0 Å². The van der Waals surface area contributed by atoms with E-state index in [0.29, 0.717) is 6.54 Å². The average molecular weight is 478 g/mol. The molecule has 4 aromatic carbocycles. The summed E-state index contributed by atoms with van der Waals surface area (Å²) >= 11 is 1.68. The number of benzene rings is 4. The van der Waals surface area contributed by atoms with Gasteiger partial charge in [0.2, 0.25) is 0 Å². The van der Waals surface area contributed by atoms with E-state index >= 15 is 0 Å². The van der Waals surface area contributed by atoms with Crippen molar-refractivity contribution in [2.24, 2.45) is 0 Å². The lowest BCUT2D eigenvalue weighted by molar-refractivity contribution is 0.279. The average Bonchev–Trinajstić information content (AvgIpc) is 2.92. The van der Waals surface area contributed by atoms with Crippen molar-refractivity contribution in [1.29, 1.82) is 0 Å². The van der Waals surface area contributed by atoms with Gasteiger partial charge >= 0.3 is 0 Å². The molecule has 174 valence electrons. The van der Waals surface area contributed by atoms with E-state index in [2.05, 4.69) is 66.0 Å².